The van der Waals surface area contributed by atoms with Crippen LogP contribution in [0.3, 0.4) is 0 Å². The van der Waals surface area contributed by atoms with Crippen molar-refractivity contribution in [2.75, 3.05) is 17.3 Å². The Labute approximate surface area is 212 Å². The van der Waals surface area contributed by atoms with E-state index < -0.39 is 5.92 Å². The Balaban J connectivity index is 1.80. The molecule has 0 spiro atoms. The average Bonchev–Trinajstić information content (AvgIpc) is 3.25. The zero-order valence-corrected chi connectivity index (χ0v) is 21.8. The molecule has 2 heterocycles. The number of carbonyl (C=O) groups excluding carboxylic acids is 2. The van der Waals surface area contributed by atoms with E-state index in [0.717, 1.165) is 16.8 Å². The molecule has 1 unspecified atom stereocenters. The predicted octanol–water partition coefficient (Wildman–Crippen LogP) is 4.44. The van der Waals surface area contributed by atoms with Gasteiger partial charge in [0, 0.05) is 17.7 Å². The summed E-state index contributed by atoms with van der Waals surface area (Å²) in [6, 6.07) is 10.1. The van der Waals surface area contributed by atoms with Gasteiger partial charge in [0.05, 0.1) is 29.9 Å². The van der Waals surface area contributed by atoms with E-state index in [2.05, 4.69) is 16.3 Å². The number of nitriles is 1. The Morgan fingerprint density at radius 3 is 2.69 bits per heavy atom. The smallest absolute Gasteiger partial charge is 0.316 e. The predicted molar refractivity (Wildman–Crippen MR) is 136 cm³/mol. The number of ether oxygens (including phenoxy) is 1. The molecule has 0 amide bonds. The number of hydrogen-bond acceptors (Lipinski definition) is 10. The van der Waals surface area contributed by atoms with E-state index >= 15 is 0 Å². The second-order valence-corrected chi connectivity index (χ2v) is 11.5. The van der Waals surface area contributed by atoms with E-state index in [1.807, 2.05) is 45.0 Å². The lowest BCUT2D eigenvalue weighted by molar-refractivity contribution is -0.139. The van der Waals surface area contributed by atoms with Crippen LogP contribution in [0.5, 0.6) is 0 Å². The van der Waals surface area contributed by atoms with Crippen LogP contribution < -0.4 is 10.6 Å². The molecule has 1 aromatic carbocycles. The topological polar surface area (TPSA) is 122 Å². The van der Waals surface area contributed by atoms with E-state index in [-0.39, 0.29) is 28.7 Å². The molecule has 2 aliphatic rings. The van der Waals surface area contributed by atoms with Crippen molar-refractivity contribution in [3.63, 3.8) is 0 Å². The van der Waals surface area contributed by atoms with Crippen molar-refractivity contribution in [1.82, 2.24) is 10.2 Å². The summed E-state index contributed by atoms with van der Waals surface area (Å²) >= 11 is 2.49. The SMILES string of the molecule is CCOC(=O)CSc1nnc(N2C(N)=C(C#N)C(c3ccc(C)cc3)C3=C2CC(C)(C)CC3=O)s1. The maximum absolute atomic E-state index is 13.5. The highest BCUT2D eigenvalue weighted by atomic mass is 32.2. The van der Waals surface area contributed by atoms with Crippen LogP contribution in [0, 0.1) is 23.7 Å². The molecule has 1 aliphatic heterocycles. The summed E-state index contributed by atoms with van der Waals surface area (Å²) in [6.45, 7) is 8.16. The summed E-state index contributed by atoms with van der Waals surface area (Å²) in [7, 11) is 0. The van der Waals surface area contributed by atoms with Crippen LogP contribution in [-0.2, 0) is 14.3 Å². The zero-order valence-electron chi connectivity index (χ0n) is 20.1. The Morgan fingerprint density at radius 1 is 1.31 bits per heavy atom. The van der Waals surface area contributed by atoms with Crippen molar-refractivity contribution in [1.29, 1.82) is 5.26 Å². The summed E-state index contributed by atoms with van der Waals surface area (Å²) < 4.78 is 5.55. The first-order valence-corrected chi connectivity index (χ1v) is 13.1. The van der Waals surface area contributed by atoms with Gasteiger partial charge in [0.2, 0.25) is 5.13 Å². The number of rotatable bonds is 6. The van der Waals surface area contributed by atoms with E-state index in [1.54, 1.807) is 11.8 Å². The number of allylic oxidation sites excluding steroid dienone is 3. The van der Waals surface area contributed by atoms with E-state index in [0.29, 0.717) is 40.1 Å². The molecule has 0 saturated heterocycles. The molecule has 2 N–H and O–H groups in total. The lowest BCUT2D eigenvalue weighted by atomic mass is 9.68. The number of thioether (sulfide) groups is 1. The molecule has 0 bridgehead atoms. The van der Waals surface area contributed by atoms with E-state index in [9.17, 15) is 14.9 Å². The monoisotopic (exact) mass is 509 g/mol. The number of aryl methyl sites for hydroxylation is 1. The Bertz CT molecular complexity index is 1270. The van der Waals surface area contributed by atoms with Crippen LogP contribution in [0.1, 0.15) is 50.7 Å². The Hall–Kier alpha value is -3.16. The maximum Gasteiger partial charge on any atom is 0.316 e. The van der Waals surface area contributed by atoms with Gasteiger partial charge < -0.3 is 10.5 Å². The normalized spacial score (nSPS) is 19.5. The first kappa shape index (κ1) is 24.9. The van der Waals surface area contributed by atoms with Crippen molar-refractivity contribution >= 4 is 40.0 Å². The molecule has 4 rings (SSSR count). The number of benzene rings is 1. The zero-order chi connectivity index (χ0) is 25.3. The van der Waals surface area contributed by atoms with Crippen molar-refractivity contribution < 1.29 is 14.3 Å². The molecule has 2 aromatic rings. The summed E-state index contributed by atoms with van der Waals surface area (Å²) in [5.41, 5.74) is 9.97. The van der Waals surface area contributed by atoms with Gasteiger partial charge >= 0.3 is 5.97 Å². The fourth-order valence-corrected chi connectivity index (χ4v) is 6.17. The molecule has 1 atom stereocenters. The standard InChI is InChI=1S/C25H27N5O3S2/c1-5-33-19(32)13-34-24-29-28-23(35-24)30-17-10-25(3,4)11-18(31)21(17)20(16(12-26)22(30)27)15-8-6-14(2)7-9-15/h6-9,20H,5,10-11,13,27H2,1-4H3. The number of esters is 1. The number of anilines is 1. The molecule has 10 heteroatoms. The highest BCUT2D eigenvalue weighted by Crippen LogP contribution is 2.50. The molecule has 35 heavy (non-hydrogen) atoms. The van der Waals surface area contributed by atoms with Gasteiger partial charge in [0.25, 0.3) is 0 Å². The second-order valence-electron chi connectivity index (χ2n) is 9.34. The van der Waals surface area contributed by atoms with Gasteiger partial charge in [-0.25, -0.2) is 0 Å². The van der Waals surface area contributed by atoms with Gasteiger partial charge in [0.15, 0.2) is 10.1 Å². The fraction of sp³-hybridized carbons (Fsp3) is 0.400. The number of aromatic nitrogens is 2. The van der Waals surface area contributed by atoms with Gasteiger partial charge in [-0.05, 0) is 31.2 Å². The number of nitrogens with two attached hydrogens (primary N) is 1. The Morgan fingerprint density at radius 2 is 2.03 bits per heavy atom. The average molecular weight is 510 g/mol. The quantitative estimate of drug-likeness (QED) is 0.445. The molecule has 1 aromatic heterocycles. The largest absolute Gasteiger partial charge is 0.465 e. The van der Waals surface area contributed by atoms with Crippen LogP contribution in [0.25, 0.3) is 0 Å². The minimum Gasteiger partial charge on any atom is -0.465 e. The number of ketones is 1. The highest BCUT2D eigenvalue weighted by Gasteiger charge is 2.45. The van der Waals surface area contributed by atoms with Crippen molar-refractivity contribution in [3.05, 3.63) is 58.1 Å². The van der Waals surface area contributed by atoms with Crippen LogP contribution in [-0.4, -0.2) is 34.3 Å². The van der Waals surface area contributed by atoms with Crippen LogP contribution in [0.4, 0.5) is 5.13 Å². The summed E-state index contributed by atoms with van der Waals surface area (Å²) in [6.07, 6.45) is 0.984. The van der Waals surface area contributed by atoms with Crippen LogP contribution in [0.2, 0.25) is 0 Å². The van der Waals surface area contributed by atoms with E-state index in [4.69, 9.17) is 10.5 Å². The van der Waals surface area contributed by atoms with Crippen molar-refractivity contribution in [2.45, 2.75) is 50.8 Å². The van der Waals surface area contributed by atoms with Crippen LogP contribution in [0.15, 0.2) is 51.3 Å². The third kappa shape index (κ3) is 4.97. The number of carbonyl (C=O) groups is 2. The number of hydrogen-bond donors (Lipinski definition) is 1. The lowest BCUT2D eigenvalue weighted by Gasteiger charge is -2.42. The van der Waals surface area contributed by atoms with Gasteiger partial charge in [-0.3, -0.25) is 14.5 Å². The number of nitrogens with zero attached hydrogens (tertiary/aromatic N) is 4. The van der Waals surface area contributed by atoms with Crippen molar-refractivity contribution in [3.8, 4) is 6.07 Å². The minimum atomic E-state index is -0.527. The minimum absolute atomic E-state index is 0.00787. The summed E-state index contributed by atoms with van der Waals surface area (Å²) in [5, 5.41) is 19.1. The molecule has 0 fully saturated rings. The first-order chi connectivity index (χ1) is 16.6. The maximum atomic E-state index is 13.5. The molecular weight excluding hydrogens is 482 g/mol. The summed E-state index contributed by atoms with van der Waals surface area (Å²) in [5.74, 6) is -0.481. The highest BCUT2D eigenvalue weighted by molar-refractivity contribution is 8.01. The Kier molecular flexibility index (Phi) is 7.01. The molecule has 1 aliphatic carbocycles. The van der Waals surface area contributed by atoms with Gasteiger partial charge in [-0.2, -0.15) is 5.26 Å². The number of Topliss-reactive ketones (excluding diaryl/α,β-unsaturated/α-hetero) is 1. The summed E-state index contributed by atoms with van der Waals surface area (Å²) in [4.78, 5) is 27.0. The van der Waals surface area contributed by atoms with Crippen LogP contribution >= 0.6 is 23.1 Å². The second kappa shape index (κ2) is 9.84. The molecule has 8 nitrogen and oxygen atoms in total. The van der Waals surface area contributed by atoms with Gasteiger partial charge in [-0.1, -0.05) is 66.8 Å². The van der Waals surface area contributed by atoms with E-state index in [1.165, 1.54) is 23.1 Å². The van der Waals surface area contributed by atoms with Gasteiger partial charge in [0.1, 0.15) is 5.82 Å². The third-order valence-corrected chi connectivity index (χ3v) is 8.01. The molecule has 0 radical (unpaired) electrons. The van der Waals surface area contributed by atoms with Gasteiger partial charge in [-0.15, -0.1) is 10.2 Å². The lowest BCUT2D eigenvalue weighted by Crippen LogP contribution is -2.42. The molecule has 0 saturated carbocycles. The van der Waals surface area contributed by atoms with Crippen molar-refractivity contribution in [2.24, 2.45) is 11.1 Å². The third-order valence-electron chi connectivity index (χ3n) is 6.00. The molecule has 182 valence electrons. The fourth-order valence-electron chi connectivity index (χ4n) is 4.49. The first-order valence-electron chi connectivity index (χ1n) is 11.3. The molecular formula is C25H27N5O3S2.